The molecular formula is C16H24ClNS. The largest absolute Gasteiger partial charge is 0.312 e. The summed E-state index contributed by atoms with van der Waals surface area (Å²) in [5.41, 5.74) is 1.35. The lowest BCUT2D eigenvalue weighted by molar-refractivity contribution is 0.550. The van der Waals surface area contributed by atoms with Crippen LogP contribution in [0.2, 0.25) is 5.02 Å². The van der Waals surface area contributed by atoms with Crippen molar-refractivity contribution in [2.75, 3.05) is 6.54 Å². The van der Waals surface area contributed by atoms with Crippen LogP contribution in [0.1, 0.15) is 45.1 Å². The van der Waals surface area contributed by atoms with E-state index < -0.39 is 0 Å². The molecule has 106 valence electrons. The molecule has 0 bridgehead atoms. The zero-order chi connectivity index (χ0) is 13.7. The van der Waals surface area contributed by atoms with Gasteiger partial charge in [-0.1, -0.05) is 50.4 Å². The first-order valence-electron chi connectivity index (χ1n) is 7.31. The van der Waals surface area contributed by atoms with Gasteiger partial charge in [-0.05, 0) is 36.9 Å². The summed E-state index contributed by atoms with van der Waals surface area (Å²) in [6.45, 7) is 6.45. The molecule has 0 aliphatic heterocycles. The molecule has 0 heterocycles. The third-order valence-electron chi connectivity index (χ3n) is 3.50. The Hall–Kier alpha value is -0.180. The number of hydrogen-bond acceptors (Lipinski definition) is 2. The van der Waals surface area contributed by atoms with Crippen LogP contribution in [0.3, 0.4) is 0 Å². The number of hydrogen-bond donors (Lipinski definition) is 1. The molecule has 1 aromatic carbocycles. The predicted molar refractivity (Wildman–Crippen MR) is 86.1 cm³/mol. The van der Waals surface area contributed by atoms with Gasteiger partial charge >= 0.3 is 0 Å². The monoisotopic (exact) mass is 297 g/mol. The summed E-state index contributed by atoms with van der Waals surface area (Å²) < 4.78 is 0. The molecule has 3 heteroatoms. The second-order valence-corrected chi connectivity index (χ2v) is 7.49. The Kier molecular flexibility index (Phi) is 6.06. The van der Waals surface area contributed by atoms with Crippen LogP contribution in [0.15, 0.2) is 23.1 Å². The van der Waals surface area contributed by atoms with E-state index in [0.29, 0.717) is 5.92 Å². The van der Waals surface area contributed by atoms with Crippen LogP contribution in [0.4, 0.5) is 0 Å². The Morgan fingerprint density at radius 2 is 2.05 bits per heavy atom. The molecule has 0 radical (unpaired) electrons. The van der Waals surface area contributed by atoms with E-state index in [4.69, 9.17) is 11.6 Å². The zero-order valence-corrected chi connectivity index (χ0v) is 13.5. The molecule has 0 saturated heterocycles. The highest BCUT2D eigenvalue weighted by atomic mass is 35.5. The van der Waals surface area contributed by atoms with Gasteiger partial charge in [0.15, 0.2) is 0 Å². The van der Waals surface area contributed by atoms with Gasteiger partial charge < -0.3 is 5.32 Å². The number of rotatable bonds is 6. The minimum atomic E-state index is 0.685. The summed E-state index contributed by atoms with van der Waals surface area (Å²) in [4.78, 5) is 1.30. The molecule has 0 spiro atoms. The maximum absolute atomic E-state index is 6.40. The van der Waals surface area contributed by atoms with E-state index in [0.717, 1.165) is 23.4 Å². The van der Waals surface area contributed by atoms with E-state index in [1.54, 1.807) is 0 Å². The van der Waals surface area contributed by atoms with Crippen molar-refractivity contribution in [1.82, 2.24) is 5.32 Å². The molecule has 1 aliphatic carbocycles. The normalized spacial score (nSPS) is 16.4. The summed E-state index contributed by atoms with van der Waals surface area (Å²) in [5, 5.41) is 5.21. The van der Waals surface area contributed by atoms with Crippen molar-refractivity contribution in [3.05, 3.63) is 28.8 Å². The minimum absolute atomic E-state index is 0.685. The summed E-state index contributed by atoms with van der Waals surface area (Å²) in [7, 11) is 0. The quantitative estimate of drug-likeness (QED) is 0.782. The summed E-state index contributed by atoms with van der Waals surface area (Å²) >= 11 is 8.39. The van der Waals surface area contributed by atoms with Gasteiger partial charge in [-0.15, -0.1) is 11.8 Å². The van der Waals surface area contributed by atoms with Gasteiger partial charge in [0.05, 0.1) is 5.02 Å². The topological polar surface area (TPSA) is 12.0 Å². The van der Waals surface area contributed by atoms with Crippen molar-refractivity contribution in [3.8, 4) is 0 Å². The number of benzene rings is 1. The lowest BCUT2D eigenvalue weighted by Gasteiger charge is -2.16. The van der Waals surface area contributed by atoms with E-state index in [-0.39, 0.29) is 0 Å². The predicted octanol–water partition coefficient (Wildman–Crippen LogP) is 5.12. The molecule has 0 unspecified atom stereocenters. The fraction of sp³-hybridized carbons (Fsp3) is 0.625. The molecule has 1 saturated carbocycles. The average molecular weight is 298 g/mol. The Morgan fingerprint density at radius 3 is 2.74 bits per heavy atom. The Balaban J connectivity index is 2.02. The van der Waals surface area contributed by atoms with Crippen molar-refractivity contribution in [2.24, 2.45) is 5.92 Å². The molecule has 1 nitrogen and oxygen atoms in total. The van der Waals surface area contributed by atoms with Crippen molar-refractivity contribution in [1.29, 1.82) is 0 Å². The van der Waals surface area contributed by atoms with Gasteiger partial charge in [0.25, 0.3) is 0 Å². The summed E-state index contributed by atoms with van der Waals surface area (Å²) in [5.74, 6) is 0.685. The molecule has 1 N–H and O–H groups in total. The lowest BCUT2D eigenvalue weighted by atomic mass is 10.2. The van der Waals surface area contributed by atoms with Gasteiger partial charge in [-0.2, -0.15) is 0 Å². The second-order valence-electron chi connectivity index (χ2n) is 5.78. The molecule has 19 heavy (non-hydrogen) atoms. The van der Waals surface area contributed by atoms with Crippen molar-refractivity contribution in [2.45, 2.75) is 56.2 Å². The van der Waals surface area contributed by atoms with E-state index in [1.165, 1.54) is 36.1 Å². The molecular weight excluding hydrogens is 274 g/mol. The number of thioether (sulfide) groups is 1. The third-order valence-corrected chi connectivity index (χ3v) is 5.45. The number of halogens is 1. The van der Waals surface area contributed by atoms with Crippen LogP contribution in [-0.2, 0) is 6.54 Å². The Labute approximate surface area is 126 Å². The van der Waals surface area contributed by atoms with Gasteiger partial charge in [0, 0.05) is 16.7 Å². The minimum Gasteiger partial charge on any atom is -0.312 e. The molecule has 1 aromatic rings. The molecule has 1 fully saturated rings. The van der Waals surface area contributed by atoms with Crippen LogP contribution in [-0.4, -0.2) is 11.8 Å². The lowest BCUT2D eigenvalue weighted by Crippen LogP contribution is -2.19. The highest BCUT2D eigenvalue weighted by molar-refractivity contribution is 8.00. The smallest absolute Gasteiger partial charge is 0.0545 e. The highest BCUT2D eigenvalue weighted by Crippen LogP contribution is 2.39. The zero-order valence-electron chi connectivity index (χ0n) is 11.9. The van der Waals surface area contributed by atoms with Gasteiger partial charge in [-0.25, -0.2) is 0 Å². The fourth-order valence-corrected chi connectivity index (χ4v) is 4.20. The van der Waals surface area contributed by atoms with Crippen LogP contribution in [0.5, 0.6) is 0 Å². The van der Waals surface area contributed by atoms with Crippen molar-refractivity contribution in [3.63, 3.8) is 0 Å². The molecule has 1 aliphatic rings. The maximum atomic E-state index is 6.40. The van der Waals surface area contributed by atoms with Gasteiger partial charge in [0.2, 0.25) is 0 Å². The summed E-state index contributed by atoms with van der Waals surface area (Å²) in [6, 6.07) is 6.29. The Bertz CT molecular complexity index is 400. The van der Waals surface area contributed by atoms with Gasteiger partial charge in [-0.3, -0.25) is 0 Å². The van der Waals surface area contributed by atoms with Crippen LogP contribution < -0.4 is 5.32 Å². The third kappa shape index (κ3) is 4.70. The van der Waals surface area contributed by atoms with Crippen LogP contribution >= 0.6 is 23.4 Å². The molecule has 0 atom stereocenters. The van der Waals surface area contributed by atoms with E-state index in [1.807, 2.05) is 17.8 Å². The SMILES string of the molecule is CC(C)CNCc1cccc(Cl)c1SC1CCCC1. The van der Waals surface area contributed by atoms with E-state index >= 15 is 0 Å². The summed E-state index contributed by atoms with van der Waals surface area (Å²) in [6.07, 6.45) is 5.44. The van der Waals surface area contributed by atoms with E-state index in [9.17, 15) is 0 Å². The van der Waals surface area contributed by atoms with Crippen LogP contribution in [0.25, 0.3) is 0 Å². The van der Waals surface area contributed by atoms with Crippen LogP contribution in [0, 0.1) is 5.92 Å². The first-order valence-corrected chi connectivity index (χ1v) is 8.57. The molecule has 2 rings (SSSR count). The Morgan fingerprint density at radius 1 is 1.32 bits per heavy atom. The first kappa shape index (κ1) is 15.2. The molecule has 0 aromatic heterocycles. The average Bonchev–Trinajstić information content (AvgIpc) is 2.85. The van der Waals surface area contributed by atoms with Gasteiger partial charge in [0.1, 0.15) is 0 Å². The van der Waals surface area contributed by atoms with Crippen molar-refractivity contribution >= 4 is 23.4 Å². The standard InChI is InChI=1S/C16H24ClNS/c1-12(2)10-18-11-13-6-5-9-15(17)16(13)19-14-7-3-4-8-14/h5-6,9,12,14,18H,3-4,7-8,10-11H2,1-2H3. The van der Waals surface area contributed by atoms with Crippen molar-refractivity contribution < 1.29 is 0 Å². The first-order chi connectivity index (χ1) is 9.16. The highest BCUT2D eigenvalue weighted by Gasteiger charge is 2.19. The molecule has 0 amide bonds. The van der Waals surface area contributed by atoms with E-state index in [2.05, 4.69) is 31.3 Å². The number of nitrogens with one attached hydrogen (secondary N) is 1. The second kappa shape index (κ2) is 7.56. The maximum Gasteiger partial charge on any atom is 0.0545 e. The fourth-order valence-electron chi connectivity index (χ4n) is 2.49.